The summed E-state index contributed by atoms with van der Waals surface area (Å²) in [7, 11) is 0. The SMILES string of the molecule is CC[C@@]12CC[C@@](C)(O)C[C@@H]1CCCc1cc(C(=O)Nc3cccnc3C)ccc12. The van der Waals surface area contributed by atoms with Gasteiger partial charge >= 0.3 is 0 Å². The number of hydrogen-bond acceptors (Lipinski definition) is 3. The van der Waals surface area contributed by atoms with Gasteiger partial charge in [0.05, 0.1) is 17.0 Å². The van der Waals surface area contributed by atoms with Gasteiger partial charge in [0.25, 0.3) is 5.91 Å². The van der Waals surface area contributed by atoms with Crippen LogP contribution in [-0.4, -0.2) is 21.6 Å². The van der Waals surface area contributed by atoms with Crippen LogP contribution in [0.3, 0.4) is 0 Å². The first-order valence-electron chi connectivity index (χ1n) is 10.9. The highest BCUT2D eigenvalue weighted by Crippen LogP contribution is 2.53. The zero-order valence-electron chi connectivity index (χ0n) is 17.8. The predicted molar refractivity (Wildman–Crippen MR) is 116 cm³/mol. The number of carbonyl (C=O) groups excluding carboxylic acids is 1. The van der Waals surface area contributed by atoms with Gasteiger partial charge in [-0.2, -0.15) is 0 Å². The van der Waals surface area contributed by atoms with Gasteiger partial charge < -0.3 is 10.4 Å². The normalized spacial score (nSPS) is 28.8. The molecule has 2 aliphatic rings. The summed E-state index contributed by atoms with van der Waals surface area (Å²) in [6.45, 7) is 6.18. The van der Waals surface area contributed by atoms with E-state index in [0.29, 0.717) is 11.5 Å². The Morgan fingerprint density at radius 1 is 1.31 bits per heavy atom. The van der Waals surface area contributed by atoms with E-state index in [-0.39, 0.29) is 11.3 Å². The van der Waals surface area contributed by atoms with Crippen molar-refractivity contribution in [2.45, 2.75) is 76.7 Å². The first-order chi connectivity index (χ1) is 13.8. The van der Waals surface area contributed by atoms with E-state index >= 15 is 0 Å². The maximum atomic E-state index is 12.9. The first-order valence-corrected chi connectivity index (χ1v) is 10.9. The van der Waals surface area contributed by atoms with Gasteiger partial charge in [-0.3, -0.25) is 9.78 Å². The van der Waals surface area contributed by atoms with Crippen LogP contribution in [0.5, 0.6) is 0 Å². The molecule has 1 heterocycles. The van der Waals surface area contributed by atoms with Crippen molar-refractivity contribution in [3.63, 3.8) is 0 Å². The molecule has 4 rings (SSSR count). The summed E-state index contributed by atoms with van der Waals surface area (Å²) in [6.07, 6.45) is 8.83. The molecule has 2 N–H and O–H groups in total. The molecule has 1 aromatic heterocycles. The number of nitrogens with zero attached hydrogens (tertiary/aromatic N) is 1. The molecule has 0 spiro atoms. The van der Waals surface area contributed by atoms with E-state index in [1.807, 2.05) is 32.0 Å². The Bertz CT molecular complexity index is 921. The molecule has 4 nitrogen and oxygen atoms in total. The third-order valence-corrected chi connectivity index (χ3v) is 7.37. The number of benzene rings is 1. The number of aromatic nitrogens is 1. The second kappa shape index (κ2) is 7.56. The zero-order valence-corrected chi connectivity index (χ0v) is 17.8. The fourth-order valence-electron chi connectivity index (χ4n) is 5.69. The van der Waals surface area contributed by atoms with E-state index in [2.05, 4.69) is 29.4 Å². The summed E-state index contributed by atoms with van der Waals surface area (Å²) in [5, 5.41) is 13.7. The fourth-order valence-corrected chi connectivity index (χ4v) is 5.69. The lowest BCUT2D eigenvalue weighted by Crippen LogP contribution is -2.46. The van der Waals surface area contributed by atoms with Crippen molar-refractivity contribution in [1.29, 1.82) is 0 Å². The lowest BCUT2D eigenvalue weighted by atomic mass is 9.57. The first kappa shape index (κ1) is 20.1. The number of aryl methyl sites for hydroxylation is 2. The molecule has 1 fully saturated rings. The molecular weight excluding hydrogens is 360 g/mol. The van der Waals surface area contributed by atoms with E-state index in [9.17, 15) is 9.90 Å². The predicted octanol–water partition coefficient (Wildman–Crippen LogP) is 5.18. The number of anilines is 1. The molecule has 0 bridgehead atoms. The number of fused-ring (bicyclic) bond motifs is 3. The van der Waals surface area contributed by atoms with Crippen LogP contribution >= 0.6 is 0 Å². The molecule has 0 saturated heterocycles. The molecule has 2 aliphatic carbocycles. The van der Waals surface area contributed by atoms with Crippen molar-refractivity contribution < 1.29 is 9.90 Å². The number of hydrogen-bond donors (Lipinski definition) is 2. The monoisotopic (exact) mass is 392 g/mol. The Hall–Kier alpha value is -2.20. The van der Waals surface area contributed by atoms with Crippen molar-refractivity contribution in [1.82, 2.24) is 4.98 Å². The quantitative estimate of drug-likeness (QED) is 0.757. The Morgan fingerprint density at radius 2 is 2.14 bits per heavy atom. The third-order valence-electron chi connectivity index (χ3n) is 7.37. The van der Waals surface area contributed by atoms with Crippen LogP contribution in [0.1, 0.15) is 79.6 Å². The van der Waals surface area contributed by atoms with Crippen LogP contribution in [-0.2, 0) is 11.8 Å². The highest BCUT2D eigenvalue weighted by atomic mass is 16.3. The van der Waals surface area contributed by atoms with Gasteiger partial charge in [-0.1, -0.05) is 13.0 Å². The maximum Gasteiger partial charge on any atom is 0.255 e. The Labute approximate surface area is 173 Å². The van der Waals surface area contributed by atoms with E-state index in [4.69, 9.17) is 0 Å². The maximum absolute atomic E-state index is 12.9. The number of rotatable bonds is 3. The highest BCUT2D eigenvalue weighted by molar-refractivity contribution is 6.04. The van der Waals surface area contributed by atoms with Gasteiger partial charge in [0.1, 0.15) is 0 Å². The van der Waals surface area contributed by atoms with Crippen LogP contribution in [0, 0.1) is 12.8 Å². The molecule has 4 heteroatoms. The Balaban J connectivity index is 1.66. The number of pyridine rings is 1. The number of aliphatic hydroxyl groups is 1. The van der Waals surface area contributed by atoms with Crippen LogP contribution in [0.25, 0.3) is 0 Å². The molecule has 29 heavy (non-hydrogen) atoms. The van der Waals surface area contributed by atoms with E-state index < -0.39 is 5.60 Å². The van der Waals surface area contributed by atoms with E-state index in [1.165, 1.54) is 11.1 Å². The molecule has 1 saturated carbocycles. The van der Waals surface area contributed by atoms with Gasteiger partial charge in [-0.05, 0) is 106 Å². The number of amides is 1. The fraction of sp³-hybridized carbons (Fsp3) is 0.520. The number of nitrogens with one attached hydrogen (secondary N) is 1. The summed E-state index contributed by atoms with van der Waals surface area (Å²) in [5.74, 6) is 0.428. The second-order valence-electron chi connectivity index (χ2n) is 9.26. The van der Waals surface area contributed by atoms with Gasteiger partial charge in [0, 0.05) is 11.8 Å². The molecular formula is C25H32N2O2. The summed E-state index contributed by atoms with van der Waals surface area (Å²) < 4.78 is 0. The minimum Gasteiger partial charge on any atom is -0.390 e. The van der Waals surface area contributed by atoms with E-state index in [1.54, 1.807) is 6.20 Å². The summed E-state index contributed by atoms with van der Waals surface area (Å²) >= 11 is 0. The van der Waals surface area contributed by atoms with Crippen LogP contribution in [0.2, 0.25) is 0 Å². The molecule has 1 amide bonds. The van der Waals surface area contributed by atoms with Gasteiger partial charge in [0.15, 0.2) is 0 Å². The highest BCUT2D eigenvalue weighted by Gasteiger charge is 2.48. The second-order valence-corrected chi connectivity index (χ2v) is 9.26. The van der Waals surface area contributed by atoms with Gasteiger partial charge in [0.2, 0.25) is 0 Å². The lowest BCUT2D eigenvalue weighted by Gasteiger charge is -2.49. The lowest BCUT2D eigenvalue weighted by molar-refractivity contribution is -0.0340. The molecule has 0 radical (unpaired) electrons. The molecule has 0 aliphatic heterocycles. The van der Waals surface area contributed by atoms with Crippen molar-refractivity contribution in [2.75, 3.05) is 5.32 Å². The number of carbonyl (C=O) groups is 1. The van der Waals surface area contributed by atoms with E-state index in [0.717, 1.165) is 56.3 Å². The molecule has 3 atom stereocenters. The average molecular weight is 393 g/mol. The Kier molecular flexibility index (Phi) is 5.24. The third kappa shape index (κ3) is 3.71. The van der Waals surface area contributed by atoms with Crippen molar-refractivity contribution in [3.8, 4) is 0 Å². The molecule has 154 valence electrons. The van der Waals surface area contributed by atoms with Crippen LogP contribution in [0.15, 0.2) is 36.5 Å². The molecule has 2 aromatic rings. The minimum atomic E-state index is -0.546. The largest absolute Gasteiger partial charge is 0.390 e. The van der Waals surface area contributed by atoms with Crippen molar-refractivity contribution in [2.24, 2.45) is 5.92 Å². The summed E-state index contributed by atoms with van der Waals surface area (Å²) in [4.78, 5) is 17.1. The van der Waals surface area contributed by atoms with Gasteiger partial charge in [-0.25, -0.2) is 0 Å². The zero-order chi connectivity index (χ0) is 20.6. The average Bonchev–Trinajstić information content (AvgIpc) is 2.85. The minimum absolute atomic E-state index is 0.0816. The standard InChI is InChI=1S/C25H32N2O2/c1-4-25-13-12-24(3,29)16-20(25)8-5-7-18-15-19(10-11-21(18)25)23(28)27-22-9-6-14-26-17(22)2/h6,9-11,14-15,20,29H,4-5,7-8,12-13,16H2,1-3H3,(H,27,28)/t20-,24+,25+/m0/s1. The van der Waals surface area contributed by atoms with Crippen LogP contribution < -0.4 is 5.32 Å². The van der Waals surface area contributed by atoms with Crippen molar-refractivity contribution >= 4 is 11.6 Å². The summed E-state index contributed by atoms with van der Waals surface area (Å²) in [5.41, 5.74) is 4.58. The van der Waals surface area contributed by atoms with Crippen molar-refractivity contribution in [3.05, 3.63) is 58.9 Å². The Morgan fingerprint density at radius 3 is 2.90 bits per heavy atom. The smallest absolute Gasteiger partial charge is 0.255 e. The van der Waals surface area contributed by atoms with Gasteiger partial charge in [-0.15, -0.1) is 0 Å². The molecule has 0 unspecified atom stereocenters. The molecule has 1 aromatic carbocycles. The topological polar surface area (TPSA) is 62.2 Å². The summed E-state index contributed by atoms with van der Waals surface area (Å²) in [6, 6.07) is 9.99. The van der Waals surface area contributed by atoms with Crippen LogP contribution in [0.4, 0.5) is 5.69 Å².